The molecule has 0 spiro atoms. The second-order valence-electron chi connectivity index (χ2n) is 3.33. The van der Waals surface area contributed by atoms with Crippen molar-refractivity contribution in [1.29, 1.82) is 0 Å². The monoisotopic (exact) mass is 139 g/mol. The molecular weight excluding hydrogens is 122 g/mol. The lowest BCUT2D eigenvalue weighted by Crippen LogP contribution is -2.28. The van der Waals surface area contributed by atoms with Gasteiger partial charge in [-0.05, 0) is 12.0 Å². The van der Waals surface area contributed by atoms with Crippen molar-refractivity contribution in [2.24, 2.45) is 5.41 Å². The first-order valence-corrected chi connectivity index (χ1v) is 3.76. The summed E-state index contributed by atoms with van der Waals surface area (Å²) in [5, 5.41) is 3.28. The van der Waals surface area contributed by atoms with E-state index in [1.54, 1.807) is 0 Å². The third kappa shape index (κ3) is 4.40. The number of terminal acetylenes is 1. The molecule has 0 aromatic rings. The molecule has 0 atom stereocenters. The molecule has 0 aromatic heterocycles. The van der Waals surface area contributed by atoms with E-state index >= 15 is 0 Å². The van der Waals surface area contributed by atoms with E-state index in [0.717, 1.165) is 19.5 Å². The van der Waals surface area contributed by atoms with Gasteiger partial charge in [0.1, 0.15) is 0 Å². The zero-order valence-electron chi connectivity index (χ0n) is 7.20. The third-order valence-electron chi connectivity index (χ3n) is 1.43. The molecule has 0 aliphatic heterocycles. The summed E-state index contributed by atoms with van der Waals surface area (Å²) >= 11 is 0. The molecule has 0 aliphatic carbocycles. The van der Waals surface area contributed by atoms with Gasteiger partial charge < -0.3 is 5.32 Å². The van der Waals surface area contributed by atoms with Crippen LogP contribution in [0.4, 0.5) is 0 Å². The maximum Gasteiger partial charge on any atom is 0.0149 e. The zero-order valence-corrected chi connectivity index (χ0v) is 7.20. The Bertz CT molecular complexity index is 119. The van der Waals surface area contributed by atoms with Crippen molar-refractivity contribution in [3.05, 3.63) is 0 Å². The van der Waals surface area contributed by atoms with Crippen LogP contribution in [-0.4, -0.2) is 13.1 Å². The highest BCUT2D eigenvalue weighted by atomic mass is 14.9. The van der Waals surface area contributed by atoms with Crippen LogP contribution < -0.4 is 5.32 Å². The summed E-state index contributed by atoms with van der Waals surface area (Å²) in [5.41, 5.74) is 0.255. The summed E-state index contributed by atoms with van der Waals surface area (Å²) in [6.07, 6.45) is 6.06. The van der Waals surface area contributed by atoms with Gasteiger partial charge in [-0.25, -0.2) is 0 Å². The largest absolute Gasteiger partial charge is 0.316 e. The SMILES string of the molecule is C#CCC(C)(C)CNCC. The van der Waals surface area contributed by atoms with Gasteiger partial charge >= 0.3 is 0 Å². The van der Waals surface area contributed by atoms with Gasteiger partial charge in [-0.1, -0.05) is 20.8 Å². The van der Waals surface area contributed by atoms with E-state index < -0.39 is 0 Å². The van der Waals surface area contributed by atoms with E-state index in [1.807, 2.05) is 0 Å². The van der Waals surface area contributed by atoms with E-state index in [4.69, 9.17) is 6.42 Å². The highest BCUT2D eigenvalue weighted by molar-refractivity contribution is 4.91. The van der Waals surface area contributed by atoms with Gasteiger partial charge in [0.2, 0.25) is 0 Å². The zero-order chi connectivity index (χ0) is 8.04. The first-order valence-electron chi connectivity index (χ1n) is 3.76. The van der Waals surface area contributed by atoms with Crippen molar-refractivity contribution in [2.45, 2.75) is 27.2 Å². The molecular formula is C9H17N. The molecule has 0 aliphatic rings. The molecule has 0 heterocycles. The molecule has 0 rings (SSSR count). The van der Waals surface area contributed by atoms with Crippen LogP contribution in [0.25, 0.3) is 0 Å². The number of rotatable bonds is 4. The lowest BCUT2D eigenvalue weighted by Gasteiger charge is -2.21. The number of hydrogen-bond acceptors (Lipinski definition) is 1. The van der Waals surface area contributed by atoms with Crippen LogP contribution in [0.5, 0.6) is 0 Å². The Balaban J connectivity index is 3.55. The minimum Gasteiger partial charge on any atom is -0.316 e. The average Bonchev–Trinajstić information content (AvgIpc) is 1.84. The molecule has 0 amide bonds. The van der Waals surface area contributed by atoms with Crippen LogP contribution >= 0.6 is 0 Å². The van der Waals surface area contributed by atoms with Crippen molar-refractivity contribution >= 4 is 0 Å². The van der Waals surface area contributed by atoms with Crippen molar-refractivity contribution in [2.75, 3.05) is 13.1 Å². The summed E-state index contributed by atoms with van der Waals surface area (Å²) in [6.45, 7) is 8.48. The summed E-state index contributed by atoms with van der Waals surface area (Å²) in [4.78, 5) is 0. The minimum atomic E-state index is 0.255. The predicted octanol–water partition coefficient (Wildman–Crippen LogP) is 1.65. The highest BCUT2D eigenvalue weighted by Crippen LogP contribution is 2.17. The summed E-state index contributed by atoms with van der Waals surface area (Å²) in [7, 11) is 0. The molecule has 0 saturated carbocycles. The van der Waals surface area contributed by atoms with Crippen molar-refractivity contribution in [3.63, 3.8) is 0 Å². The average molecular weight is 139 g/mol. The van der Waals surface area contributed by atoms with Crippen molar-refractivity contribution in [1.82, 2.24) is 5.32 Å². The maximum atomic E-state index is 5.21. The van der Waals surface area contributed by atoms with Gasteiger partial charge in [-0.15, -0.1) is 12.3 Å². The first kappa shape index (κ1) is 9.52. The van der Waals surface area contributed by atoms with Crippen LogP contribution in [0.2, 0.25) is 0 Å². The van der Waals surface area contributed by atoms with E-state index in [-0.39, 0.29) is 5.41 Å². The Labute approximate surface area is 64.2 Å². The predicted molar refractivity (Wildman–Crippen MR) is 45.8 cm³/mol. The van der Waals surface area contributed by atoms with Crippen LogP contribution in [0.3, 0.4) is 0 Å². The molecule has 0 radical (unpaired) electrons. The normalized spacial score (nSPS) is 11.0. The fraction of sp³-hybridized carbons (Fsp3) is 0.778. The van der Waals surface area contributed by atoms with Gasteiger partial charge in [0, 0.05) is 13.0 Å². The molecule has 0 aromatic carbocycles. The molecule has 0 saturated heterocycles. The minimum absolute atomic E-state index is 0.255. The van der Waals surface area contributed by atoms with Crippen molar-refractivity contribution < 1.29 is 0 Å². The quantitative estimate of drug-likeness (QED) is 0.584. The summed E-state index contributed by atoms with van der Waals surface area (Å²) in [6, 6.07) is 0. The fourth-order valence-corrected chi connectivity index (χ4v) is 0.802. The Morgan fingerprint density at radius 2 is 2.10 bits per heavy atom. The van der Waals surface area contributed by atoms with Gasteiger partial charge in [-0.2, -0.15) is 0 Å². The summed E-state index contributed by atoms with van der Waals surface area (Å²) < 4.78 is 0. The van der Waals surface area contributed by atoms with Crippen LogP contribution in [0.1, 0.15) is 27.2 Å². The standard InChI is InChI=1S/C9H17N/c1-5-7-9(3,4)8-10-6-2/h1,10H,6-8H2,2-4H3. The number of nitrogens with one attached hydrogen (secondary N) is 1. The lowest BCUT2D eigenvalue weighted by atomic mass is 9.90. The second kappa shape index (κ2) is 4.35. The van der Waals surface area contributed by atoms with Crippen LogP contribution in [0, 0.1) is 17.8 Å². The molecule has 1 nitrogen and oxygen atoms in total. The van der Waals surface area contributed by atoms with Gasteiger partial charge in [0.05, 0.1) is 0 Å². The maximum absolute atomic E-state index is 5.21. The molecule has 58 valence electrons. The number of hydrogen-bond donors (Lipinski definition) is 1. The van der Waals surface area contributed by atoms with E-state index in [0.29, 0.717) is 0 Å². The molecule has 1 N–H and O–H groups in total. The molecule has 0 bridgehead atoms. The van der Waals surface area contributed by atoms with Gasteiger partial charge in [0.25, 0.3) is 0 Å². The third-order valence-corrected chi connectivity index (χ3v) is 1.43. The van der Waals surface area contributed by atoms with E-state index in [1.165, 1.54) is 0 Å². The Morgan fingerprint density at radius 3 is 2.50 bits per heavy atom. The molecule has 1 heteroatoms. The van der Waals surface area contributed by atoms with E-state index in [2.05, 4.69) is 32.0 Å². The Morgan fingerprint density at radius 1 is 1.50 bits per heavy atom. The van der Waals surface area contributed by atoms with Gasteiger partial charge in [0.15, 0.2) is 0 Å². The van der Waals surface area contributed by atoms with E-state index in [9.17, 15) is 0 Å². The smallest absolute Gasteiger partial charge is 0.0149 e. The second-order valence-corrected chi connectivity index (χ2v) is 3.33. The van der Waals surface area contributed by atoms with Crippen LogP contribution in [0.15, 0.2) is 0 Å². The first-order chi connectivity index (χ1) is 4.62. The Kier molecular flexibility index (Phi) is 4.14. The molecule has 0 unspecified atom stereocenters. The molecule has 10 heavy (non-hydrogen) atoms. The highest BCUT2D eigenvalue weighted by Gasteiger charge is 2.14. The fourth-order valence-electron chi connectivity index (χ4n) is 0.802. The molecule has 0 fully saturated rings. The lowest BCUT2D eigenvalue weighted by molar-refractivity contribution is 0.354. The summed E-state index contributed by atoms with van der Waals surface area (Å²) in [5.74, 6) is 2.68. The topological polar surface area (TPSA) is 12.0 Å². The van der Waals surface area contributed by atoms with Gasteiger partial charge in [-0.3, -0.25) is 0 Å². The van der Waals surface area contributed by atoms with Crippen molar-refractivity contribution in [3.8, 4) is 12.3 Å². The van der Waals surface area contributed by atoms with Crippen LogP contribution in [-0.2, 0) is 0 Å². The Hall–Kier alpha value is -0.480.